The number of nitrogens with zero attached hydrogens (tertiary/aromatic N) is 3. The lowest BCUT2D eigenvalue weighted by Crippen LogP contribution is -2.17. The van der Waals surface area contributed by atoms with E-state index >= 15 is 0 Å². The molecule has 5 aromatic rings. The number of nitrogens with one attached hydrogen (secondary N) is 2. The van der Waals surface area contributed by atoms with Crippen molar-refractivity contribution >= 4 is 27.9 Å². The first-order valence-electron chi connectivity index (χ1n) is 10.1. The Morgan fingerprint density at radius 1 is 0.935 bits per heavy atom. The molecular formula is C24H23FN6. The average molecular weight is 414 g/mol. The third-order valence-electron chi connectivity index (χ3n) is 5.39. The number of nitrogens with two attached hydrogens (primary N) is 1. The van der Waals surface area contributed by atoms with Crippen LogP contribution in [0.5, 0.6) is 0 Å². The molecule has 4 N–H and O–H groups in total. The van der Waals surface area contributed by atoms with E-state index in [0.717, 1.165) is 52.2 Å². The zero-order valence-electron chi connectivity index (χ0n) is 17.4. The predicted octanol–water partition coefficient (Wildman–Crippen LogP) is 4.77. The minimum Gasteiger partial charge on any atom is -0.384 e. The van der Waals surface area contributed by atoms with E-state index < -0.39 is 0 Å². The molecule has 0 bridgehead atoms. The minimum absolute atomic E-state index is 0.210. The summed E-state index contributed by atoms with van der Waals surface area (Å²) in [7, 11) is 2.06. The van der Waals surface area contributed by atoms with Crippen molar-refractivity contribution in [2.24, 2.45) is 0 Å². The van der Waals surface area contributed by atoms with E-state index in [2.05, 4.69) is 56.1 Å². The molecule has 0 aliphatic heterocycles. The Morgan fingerprint density at radius 2 is 1.68 bits per heavy atom. The number of fused-ring (bicyclic) bond motifs is 2. The van der Waals surface area contributed by atoms with Gasteiger partial charge in [-0.25, -0.2) is 14.4 Å². The Kier molecular flexibility index (Phi) is 4.67. The predicted molar refractivity (Wildman–Crippen MR) is 122 cm³/mol. The third-order valence-corrected chi connectivity index (χ3v) is 5.39. The highest BCUT2D eigenvalue weighted by atomic mass is 19.1. The number of hydrogen-bond acceptors (Lipinski definition) is 4. The molecule has 31 heavy (non-hydrogen) atoms. The van der Waals surface area contributed by atoms with Crippen LogP contribution in [0.2, 0.25) is 0 Å². The lowest BCUT2D eigenvalue weighted by atomic mass is 10.1. The fraction of sp³-hybridized carbons (Fsp3) is 0.167. The van der Waals surface area contributed by atoms with Crippen LogP contribution in [0.1, 0.15) is 17.0 Å². The molecule has 3 aromatic heterocycles. The monoisotopic (exact) mass is 414 g/mol. The third kappa shape index (κ3) is 3.87. The highest BCUT2D eigenvalue weighted by Crippen LogP contribution is 2.30. The maximum atomic E-state index is 13.1. The number of aromatic nitrogens is 4. The molecule has 0 radical (unpaired) electrons. The summed E-state index contributed by atoms with van der Waals surface area (Å²) in [6.45, 7) is 3.45. The summed E-state index contributed by atoms with van der Waals surface area (Å²) in [6.07, 6.45) is 0. The molecule has 0 aliphatic carbocycles. The Balaban J connectivity index is 1.42. The molecule has 0 unspecified atom stereocenters. The van der Waals surface area contributed by atoms with Crippen molar-refractivity contribution in [2.45, 2.75) is 20.0 Å². The normalized spacial score (nSPS) is 11.7. The van der Waals surface area contributed by atoms with Crippen LogP contribution in [0.15, 0.2) is 54.6 Å². The van der Waals surface area contributed by atoms with Crippen molar-refractivity contribution in [1.29, 1.82) is 0 Å². The van der Waals surface area contributed by atoms with Crippen molar-refractivity contribution in [2.75, 3.05) is 12.8 Å². The molecule has 0 fully saturated rings. The number of aryl methyl sites for hydroxylation is 1. The maximum Gasteiger partial charge on any atom is 0.180 e. The molecule has 0 saturated heterocycles. The average Bonchev–Trinajstić information content (AvgIpc) is 3.31. The number of halogens is 1. The van der Waals surface area contributed by atoms with Gasteiger partial charge in [0, 0.05) is 35.2 Å². The number of aromatic amines is 2. The Hall–Kier alpha value is -3.71. The number of H-pyrrole nitrogens is 2. The molecule has 5 rings (SSSR count). The Bertz CT molecular complexity index is 1380. The molecule has 0 atom stereocenters. The Labute approximate surface area is 178 Å². The van der Waals surface area contributed by atoms with Crippen LogP contribution in [0.25, 0.3) is 33.3 Å². The number of nitrogen functional groups attached to an aromatic ring is 1. The van der Waals surface area contributed by atoms with Gasteiger partial charge in [-0.2, -0.15) is 0 Å². The van der Waals surface area contributed by atoms with E-state index in [1.165, 1.54) is 17.7 Å². The minimum atomic E-state index is -0.210. The van der Waals surface area contributed by atoms with Gasteiger partial charge in [-0.3, -0.25) is 4.90 Å². The molecular weight excluding hydrogens is 391 g/mol. The molecule has 0 spiro atoms. The molecule has 6 nitrogen and oxygen atoms in total. The molecule has 0 aliphatic rings. The summed E-state index contributed by atoms with van der Waals surface area (Å²) in [4.78, 5) is 17.7. The van der Waals surface area contributed by atoms with Gasteiger partial charge in [0.1, 0.15) is 17.5 Å². The zero-order chi connectivity index (χ0) is 21.5. The first-order chi connectivity index (χ1) is 14.9. The molecule has 7 heteroatoms. The van der Waals surface area contributed by atoms with Gasteiger partial charge in [-0.15, -0.1) is 0 Å². The number of benzene rings is 2. The van der Waals surface area contributed by atoms with Crippen molar-refractivity contribution in [3.05, 3.63) is 77.4 Å². The quantitative estimate of drug-likeness (QED) is 0.387. The standard InChI is InChI=1S/C24H23FN6/c1-14-27-23-19(11-22(26)30-24(23)28-14)21-10-17-9-16(5-8-20(17)29-21)13-31(2)12-15-3-6-18(25)7-4-15/h3-11,29H,12-13H2,1-2H3,(H3,26,27,28,30). The summed E-state index contributed by atoms with van der Waals surface area (Å²) in [6, 6.07) is 17.1. The van der Waals surface area contributed by atoms with Gasteiger partial charge in [0.15, 0.2) is 5.65 Å². The number of hydrogen-bond donors (Lipinski definition) is 3. The van der Waals surface area contributed by atoms with Gasteiger partial charge in [-0.05, 0) is 61.5 Å². The summed E-state index contributed by atoms with van der Waals surface area (Å²) in [5.74, 6) is 1.03. The van der Waals surface area contributed by atoms with E-state index in [1.54, 1.807) is 0 Å². The lowest BCUT2D eigenvalue weighted by Gasteiger charge is -2.17. The van der Waals surface area contributed by atoms with Crippen LogP contribution in [0.4, 0.5) is 10.2 Å². The van der Waals surface area contributed by atoms with Crippen LogP contribution in [-0.4, -0.2) is 31.9 Å². The fourth-order valence-corrected chi connectivity index (χ4v) is 4.03. The molecule has 0 amide bonds. The second-order valence-electron chi connectivity index (χ2n) is 8.02. The second-order valence-corrected chi connectivity index (χ2v) is 8.02. The van der Waals surface area contributed by atoms with Crippen molar-refractivity contribution < 1.29 is 4.39 Å². The van der Waals surface area contributed by atoms with Crippen LogP contribution in [0, 0.1) is 12.7 Å². The largest absolute Gasteiger partial charge is 0.384 e. The van der Waals surface area contributed by atoms with E-state index in [0.29, 0.717) is 11.5 Å². The lowest BCUT2D eigenvalue weighted by molar-refractivity contribution is 0.319. The van der Waals surface area contributed by atoms with Crippen LogP contribution < -0.4 is 5.73 Å². The fourth-order valence-electron chi connectivity index (χ4n) is 4.03. The number of rotatable bonds is 5. The van der Waals surface area contributed by atoms with E-state index in [4.69, 9.17) is 5.73 Å². The second kappa shape index (κ2) is 7.52. The van der Waals surface area contributed by atoms with Gasteiger partial charge < -0.3 is 15.7 Å². The first kappa shape index (κ1) is 19.3. The molecule has 0 saturated carbocycles. The van der Waals surface area contributed by atoms with Crippen LogP contribution in [0.3, 0.4) is 0 Å². The molecule has 156 valence electrons. The van der Waals surface area contributed by atoms with E-state index in [-0.39, 0.29) is 5.82 Å². The zero-order valence-corrected chi connectivity index (χ0v) is 17.4. The number of pyridine rings is 1. The molecule has 2 aromatic carbocycles. The van der Waals surface area contributed by atoms with Gasteiger partial charge >= 0.3 is 0 Å². The topological polar surface area (TPSA) is 86.6 Å². The Morgan fingerprint density at radius 3 is 2.48 bits per heavy atom. The van der Waals surface area contributed by atoms with E-state index in [9.17, 15) is 4.39 Å². The van der Waals surface area contributed by atoms with Crippen molar-refractivity contribution in [1.82, 2.24) is 24.8 Å². The van der Waals surface area contributed by atoms with Gasteiger partial charge in [0.2, 0.25) is 0 Å². The summed E-state index contributed by atoms with van der Waals surface area (Å²) in [5.41, 5.74) is 12.8. The van der Waals surface area contributed by atoms with Crippen molar-refractivity contribution in [3.63, 3.8) is 0 Å². The van der Waals surface area contributed by atoms with Crippen LogP contribution in [-0.2, 0) is 13.1 Å². The first-order valence-corrected chi connectivity index (χ1v) is 10.1. The van der Waals surface area contributed by atoms with Crippen molar-refractivity contribution in [3.8, 4) is 11.3 Å². The summed E-state index contributed by atoms with van der Waals surface area (Å²) < 4.78 is 13.1. The highest BCUT2D eigenvalue weighted by Gasteiger charge is 2.13. The van der Waals surface area contributed by atoms with Gasteiger partial charge in [0.25, 0.3) is 0 Å². The van der Waals surface area contributed by atoms with Crippen LogP contribution >= 0.6 is 0 Å². The summed E-state index contributed by atoms with van der Waals surface area (Å²) >= 11 is 0. The number of anilines is 1. The summed E-state index contributed by atoms with van der Waals surface area (Å²) in [5, 5.41) is 1.13. The van der Waals surface area contributed by atoms with Gasteiger partial charge in [0.05, 0.1) is 5.52 Å². The van der Waals surface area contributed by atoms with Gasteiger partial charge in [-0.1, -0.05) is 18.2 Å². The molecule has 3 heterocycles. The highest BCUT2D eigenvalue weighted by molar-refractivity contribution is 5.95. The maximum absolute atomic E-state index is 13.1. The SMILES string of the molecule is Cc1nc2nc(N)cc(-c3cc4cc(CN(C)Cc5ccc(F)cc5)ccc4[nH]3)c2[nH]1. The van der Waals surface area contributed by atoms with E-state index in [1.807, 2.05) is 25.1 Å². The number of imidazole rings is 1. The smallest absolute Gasteiger partial charge is 0.180 e.